The quantitative estimate of drug-likeness (QED) is 0.615. The number of pyridine rings is 1. The Hall–Kier alpha value is -2.78. The van der Waals surface area contributed by atoms with Crippen LogP contribution in [0.3, 0.4) is 0 Å². The minimum atomic E-state index is -3.26. The van der Waals surface area contributed by atoms with Crippen LogP contribution in [0.2, 0.25) is 0 Å². The third kappa shape index (κ3) is 4.27. The van der Waals surface area contributed by atoms with E-state index < -0.39 is 10.0 Å². The van der Waals surface area contributed by atoms with Gasteiger partial charge in [0.25, 0.3) is 0 Å². The van der Waals surface area contributed by atoms with E-state index in [4.69, 9.17) is 0 Å². The number of fused-ring (bicyclic) bond motifs is 1. The maximum atomic E-state index is 11.8. The molecule has 2 aliphatic heterocycles. The Balaban J connectivity index is 1.18. The van der Waals surface area contributed by atoms with Crippen LogP contribution in [-0.2, 0) is 16.6 Å². The van der Waals surface area contributed by atoms with Gasteiger partial charge in [0.05, 0.1) is 11.1 Å². The van der Waals surface area contributed by atoms with Gasteiger partial charge >= 0.3 is 0 Å². The van der Waals surface area contributed by atoms with Crippen LogP contribution in [0.5, 0.6) is 0 Å². The van der Waals surface area contributed by atoms with Gasteiger partial charge in [-0.25, -0.2) is 23.4 Å². The van der Waals surface area contributed by atoms with Crippen molar-refractivity contribution in [2.24, 2.45) is 5.41 Å². The first-order valence-electron chi connectivity index (χ1n) is 11.1. The van der Waals surface area contributed by atoms with Crippen molar-refractivity contribution in [3.05, 3.63) is 54.5 Å². The first-order valence-corrected chi connectivity index (χ1v) is 12.7. The van der Waals surface area contributed by atoms with Gasteiger partial charge in [0.1, 0.15) is 12.1 Å². The van der Waals surface area contributed by atoms with Crippen LogP contribution in [0.1, 0.15) is 25.3 Å². The van der Waals surface area contributed by atoms with Crippen molar-refractivity contribution in [1.29, 1.82) is 0 Å². The molecule has 2 aliphatic rings. The molecule has 8 nitrogen and oxygen atoms in total. The number of piperidine rings is 1. The van der Waals surface area contributed by atoms with Crippen LogP contribution < -0.4 is 9.62 Å². The van der Waals surface area contributed by atoms with E-state index >= 15 is 0 Å². The lowest BCUT2D eigenvalue weighted by Gasteiger charge is -2.54. The lowest BCUT2D eigenvalue weighted by molar-refractivity contribution is 0.0721. The Kier molecular flexibility index (Phi) is 5.46. The maximum absolute atomic E-state index is 11.8. The molecule has 1 spiro atoms. The number of nitrogens with one attached hydrogen (secondary N) is 1. The van der Waals surface area contributed by atoms with Crippen LogP contribution in [0.25, 0.3) is 11.0 Å². The largest absolute Gasteiger partial charge is 0.355 e. The second-order valence-electron chi connectivity index (χ2n) is 8.91. The number of benzene rings is 1. The predicted molar refractivity (Wildman–Crippen MR) is 126 cm³/mol. The minimum Gasteiger partial charge on any atom is -0.355 e. The number of anilines is 2. The molecule has 2 saturated heterocycles. The number of hydrogen-bond acceptors (Lipinski definition) is 7. The molecule has 4 heterocycles. The molecule has 5 rings (SSSR count). The van der Waals surface area contributed by atoms with Gasteiger partial charge in [0.15, 0.2) is 5.65 Å². The number of hydrogen-bond donors (Lipinski definition) is 1. The van der Waals surface area contributed by atoms with Crippen LogP contribution in [0.15, 0.2) is 48.9 Å². The van der Waals surface area contributed by atoms with Crippen molar-refractivity contribution in [3.63, 3.8) is 0 Å². The molecule has 9 heteroatoms. The smallest absolute Gasteiger partial charge is 0.232 e. The monoisotopic (exact) mass is 452 g/mol. The van der Waals surface area contributed by atoms with Crippen molar-refractivity contribution >= 4 is 32.6 Å². The minimum absolute atomic E-state index is 0.0732. The van der Waals surface area contributed by atoms with Gasteiger partial charge in [-0.05, 0) is 62.7 Å². The van der Waals surface area contributed by atoms with Crippen LogP contribution in [0, 0.1) is 5.41 Å². The fourth-order valence-electron chi connectivity index (χ4n) is 4.79. The summed E-state index contributed by atoms with van der Waals surface area (Å²) in [4.78, 5) is 18.0. The molecule has 2 aromatic heterocycles. The van der Waals surface area contributed by atoms with E-state index in [0.29, 0.717) is 11.1 Å². The number of likely N-dealkylation sites (tertiary alicyclic amines) is 1. The molecule has 0 radical (unpaired) electrons. The zero-order valence-electron chi connectivity index (χ0n) is 18.2. The molecule has 0 atom stereocenters. The average Bonchev–Trinajstić information content (AvgIpc) is 2.78. The highest BCUT2D eigenvalue weighted by Crippen LogP contribution is 2.43. The Morgan fingerprint density at radius 3 is 2.66 bits per heavy atom. The normalized spacial score (nSPS) is 18.6. The second-order valence-corrected chi connectivity index (χ2v) is 10.9. The van der Waals surface area contributed by atoms with Gasteiger partial charge in [-0.2, -0.15) is 0 Å². The summed E-state index contributed by atoms with van der Waals surface area (Å²) in [6, 6.07) is 11.7. The molecule has 168 valence electrons. The summed E-state index contributed by atoms with van der Waals surface area (Å²) < 4.78 is 26.3. The fourth-order valence-corrected chi connectivity index (χ4v) is 5.42. The molecule has 0 saturated carbocycles. The highest BCUT2D eigenvalue weighted by molar-refractivity contribution is 7.92. The van der Waals surface area contributed by atoms with Gasteiger partial charge in [0.2, 0.25) is 10.0 Å². The molecular weight excluding hydrogens is 424 g/mol. The highest BCUT2D eigenvalue weighted by Gasteiger charge is 2.45. The molecule has 32 heavy (non-hydrogen) atoms. The fraction of sp³-hybridized carbons (Fsp3) is 0.435. The summed E-state index contributed by atoms with van der Waals surface area (Å²) in [5.41, 5.74) is 2.87. The molecule has 3 aromatic rings. The van der Waals surface area contributed by atoms with Gasteiger partial charge in [-0.1, -0.05) is 12.1 Å². The van der Waals surface area contributed by atoms with E-state index in [1.54, 1.807) is 25.5 Å². The van der Waals surface area contributed by atoms with Crippen molar-refractivity contribution in [3.8, 4) is 0 Å². The zero-order chi connectivity index (χ0) is 22.2. The summed E-state index contributed by atoms with van der Waals surface area (Å²) >= 11 is 0. The lowest BCUT2D eigenvalue weighted by Crippen LogP contribution is -2.60. The lowest BCUT2D eigenvalue weighted by atomic mass is 9.72. The molecule has 1 aromatic carbocycles. The van der Waals surface area contributed by atoms with Crippen molar-refractivity contribution < 1.29 is 8.42 Å². The standard InChI is InChI=1S/C23H28N6O2S/c1-2-32(30,31)27-19-6-3-5-18(13-19)14-28-11-8-23(9-12-28)15-29(16-23)22-20-7-4-10-24-21(20)25-17-26-22/h3-7,10,13,17,27H,2,8-9,11-12,14-16H2,1H3. The molecule has 0 unspecified atom stereocenters. The van der Waals surface area contributed by atoms with Crippen molar-refractivity contribution in [1.82, 2.24) is 19.9 Å². The summed E-state index contributed by atoms with van der Waals surface area (Å²) in [7, 11) is -3.26. The first-order chi connectivity index (χ1) is 15.5. The summed E-state index contributed by atoms with van der Waals surface area (Å²) in [5.74, 6) is 1.06. The summed E-state index contributed by atoms with van der Waals surface area (Å²) in [6.45, 7) is 6.62. The maximum Gasteiger partial charge on any atom is 0.232 e. The predicted octanol–water partition coefficient (Wildman–Crippen LogP) is 2.89. The van der Waals surface area contributed by atoms with Crippen molar-refractivity contribution in [2.45, 2.75) is 26.3 Å². The Labute approximate surface area is 188 Å². The molecule has 0 bridgehead atoms. The Morgan fingerprint density at radius 2 is 1.88 bits per heavy atom. The molecule has 2 fully saturated rings. The third-order valence-electron chi connectivity index (χ3n) is 6.64. The number of nitrogens with zero attached hydrogens (tertiary/aromatic N) is 5. The van der Waals surface area contributed by atoms with E-state index in [1.807, 2.05) is 24.3 Å². The SMILES string of the molecule is CCS(=O)(=O)Nc1cccc(CN2CCC3(CC2)CN(c2ncnc4ncccc24)C3)c1. The molecular formula is C23H28N6O2S. The average molecular weight is 453 g/mol. The van der Waals surface area contributed by atoms with Crippen LogP contribution in [0.4, 0.5) is 11.5 Å². The van der Waals surface area contributed by atoms with Crippen LogP contribution >= 0.6 is 0 Å². The number of aromatic nitrogens is 3. The summed E-state index contributed by atoms with van der Waals surface area (Å²) in [5, 5.41) is 1.01. The Bertz CT molecular complexity index is 1210. The van der Waals surface area contributed by atoms with E-state index in [-0.39, 0.29) is 5.75 Å². The van der Waals surface area contributed by atoms with Crippen LogP contribution in [-0.4, -0.2) is 60.2 Å². The van der Waals surface area contributed by atoms with E-state index in [0.717, 1.165) is 68.0 Å². The second kappa shape index (κ2) is 8.29. The molecule has 0 amide bonds. The Morgan fingerprint density at radius 1 is 1.06 bits per heavy atom. The molecule has 1 N–H and O–H groups in total. The van der Waals surface area contributed by atoms with Gasteiger partial charge in [-0.15, -0.1) is 0 Å². The number of sulfonamides is 1. The van der Waals surface area contributed by atoms with E-state index in [1.165, 1.54) is 0 Å². The highest BCUT2D eigenvalue weighted by atomic mass is 32.2. The first kappa shape index (κ1) is 21.1. The number of rotatable bonds is 6. The van der Waals surface area contributed by atoms with Gasteiger partial charge < -0.3 is 4.90 Å². The van der Waals surface area contributed by atoms with E-state index in [2.05, 4.69) is 35.5 Å². The van der Waals surface area contributed by atoms with Crippen molar-refractivity contribution in [2.75, 3.05) is 41.6 Å². The summed E-state index contributed by atoms with van der Waals surface area (Å²) in [6.07, 6.45) is 5.69. The zero-order valence-corrected chi connectivity index (χ0v) is 19.1. The topological polar surface area (TPSA) is 91.3 Å². The molecule has 0 aliphatic carbocycles. The van der Waals surface area contributed by atoms with E-state index in [9.17, 15) is 8.42 Å². The third-order valence-corrected chi connectivity index (χ3v) is 7.95. The van der Waals surface area contributed by atoms with Gasteiger partial charge in [0, 0.05) is 36.9 Å². The van der Waals surface area contributed by atoms with Gasteiger partial charge in [-0.3, -0.25) is 9.62 Å².